The van der Waals surface area contributed by atoms with Crippen molar-refractivity contribution in [2.75, 3.05) is 47.5 Å². The molecule has 0 unspecified atom stereocenters. The number of aromatic nitrogens is 1. The number of rotatable bonds is 2. The molecule has 2 aromatic carbocycles. The summed E-state index contributed by atoms with van der Waals surface area (Å²) in [7, 11) is -0.649. The molecule has 3 aromatic rings. The highest BCUT2D eigenvalue weighted by Crippen LogP contribution is 2.47. The third-order valence-corrected chi connectivity index (χ3v) is 8.80. The van der Waals surface area contributed by atoms with Crippen LogP contribution < -0.4 is 9.46 Å². The van der Waals surface area contributed by atoms with Crippen LogP contribution in [0.5, 0.6) is 5.75 Å². The quantitative estimate of drug-likeness (QED) is 0.462. The second-order valence-corrected chi connectivity index (χ2v) is 11.8. The number of ether oxygens (including phenoxy) is 2. The highest BCUT2D eigenvalue weighted by atomic mass is 32.2. The molecule has 2 amide bonds. The lowest BCUT2D eigenvalue weighted by atomic mass is 9.81. The van der Waals surface area contributed by atoms with Crippen molar-refractivity contribution in [3.63, 3.8) is 0 Å². The molecule has 4 bridgehead atoms. The minimum Gasteiger partial charge on any atom is -0.497 e. The Morgan fingerprint density at radius 2 is 1.81 bits per heavy atom. The molecule has 0 atom stereocenters. The first kappa shape index (κ1) is 17.6. The maximum Gasteiger partial charge on any atom is 0.303 e. The van der Waals surface area contributed by atoms with E-state index < -0.39 is 99.6 Å². The summed E-state index contributed by atoms with van der Waals surface area (Å²) >= 11 is 0. The SMILES string of the molecule is [2H]C1([2H])C2=Cc3cc(OC)ccc3-c3c(C4([2H])C([2H])([2H])C([2H])([2H])C([2H])([2H])C([2H])([2H])C4([2H])[2H])c4ccc(cc4n31)C(=O)NS(=O)(=O)N(C)CCOCCN(C)C2=O. The number of fused-ring (bicyclic) bond motifs is 4. The van der Waals surface area contributed by atoms with E-state index in [0.717, 1.165) is 32.0 Å². The third-order valence-electron chi connectivity index (χ3n) is 7.36. The zero-order chi connectivity index (χ0) is 42.0. The van der Waals surface area contributed by atoms with Crippen LogP contribution in [0.15, 0.2) is 42.0 Å². The molecule has 1 aromatic heterocycles. The number of carbonyl (C=O) groups excluding carboxylic acids is 2. The van der Waals surface area contributed by atoms with Crippen LogP contribution in [0.3, 0.4) is 0 Å². The number of amides is 2. The van der Waals surface area contributed by atoms with Crippen molar-refractivity contribution in [1.82, 2.24) is 18.5 Å². The van der Waals surface area contributed by atoms with Crippen molar-refractivity contribution in [2.24, 2.45) is 0 Å². The predicted molar refractivity (Wildman–Crippen MR) is 165 cm³/mol. The minimum absolute atomic E-state index is 0.0208. The Bertz CT molecular complexity index is 2280. The molecular formula is C32H38N4O6S. The van der Waals surface area contributed by atoms with Gasteiger partial charge >= 0.3 is 10.2 Å². The summed E-state index contributed by atoms with van der Waals surface area (Å²) in [4.78, 5) is 29.1. The number of hydrogen-bond acceptors (Lipinski definition) is 6. The van der Waals surface area contributed by atoms with Crippen LogP contribution in [0.25, 0.3) is 28.2 Å². The number of nitrogens with one attached hydrogen (secondary N) is 1. The molecule has 1 saturated carbocycles. The molecule has 2 aliphatic heterocycles. The van der Waals surface area contributed by atoms with Gasteiger partial charge in [-0.1, -0.05) is 25.2 Å². The van der Waals surface area contributed by atoms with Crippen LogP contribution in [-0.2, 0) is 26.2 Å². The second-order valence-electron chi connectivity index (χ2n) is 10.0. The molecule has 3 heterocycles. The number of benzene rings is 2. The van der Waals surface area contributed by atoms with E-state index in [0.29, 0.717) is 0 Å². The van der Waals surface area contributed by atoms with Crippen LogP contribution in [0, 0.1) is 0 Å². The standard InChI is InChI=1S/C32H38N4O6S/c1-34-13-15-42-16-14-35(2)43(39,40)33-31(37)22-9-11-27-28(19-22)36-20-24(32(34)38)17-23-18-25(41-3)10-12-26(23)30(36)29(27)21-7-5-4-6-8-21/h9-12,17-19,21H,4-8,13-16,20H2,1-3H3,(H,33,37)/i4D2,5D2,6D2,7D2,8D2,20D2,21D. The maximum absolute atomic E-state index is 14.3. The number of methoxy groups -OCH3 is 1. The van der Waals surface area contributed by atoms with E-state index >= 15 is 0 Å². The van der Waals surface area contributed by atoms with Gasteiger partial charge in [0.05, 0.1) is 35.3 Å². The average Bonchev–Trinajstić information content (AvgIpc) is 3.42. The number of hydrogen-bond donors (Lipinski definition) is 1. The largest absolute Gasteiger partial charge is 0.497 e. The molecular weight excluding hydrogens is 568 g/mol. The van der Waals surface area contributed by atoms with E-state index in [1.54, 1.807) is 0 Å². The van der Waals surface area contributed by atoms with Crippen LogP contribution >= 0.6 is 0 Å². The average molecular weight is 620 g/mol. The number of carbonyl (C=O) groups is 2. The molecule has 228 valence electrons. The summed E-state index contributed by atoms with van der Waals surface area (Å²) in [6.45, 7) is -3.66. The smallest absolute Gasteiger partial charge is 0.303 e. The molecule has 43 heavy (non-hydrogen) atoms. The van der Waals surface area contributed by atoms with Crippen LogP contribution in [0.1, 0.15) is 77.1 Å². The minimum atomic E-state index is -4.51. The first-order chi connectivity index (χ1) is 25.6. The number of likely N-dealkylation sites (N-methyl/N-ethyl adjacent to an activating group) is 2. The molecule has 0 spiro atoms. The zero-order valence-corrected chi connectivity index (χ0v) is 24.4. The highest BCUT2D eigenvalue weighted by molar-refractivity contribution is 7.87. The van der Waals surface area contributed by atoms with Crippen LogP contribution in [-0.4, -0.2) is 81.5 Å². The first-order valence-corrected chi connectivity index (χ1v) is 14.7. The summed E-state index contributed by atoms with van der Waals surface area (Å²) in [5.74, 6) is -5.71. The lowest BCUT2D eigenvalue weighted by Gasteiger charge is -2.24. The van der Waals surface area contributed by atoms with Crippen molar-refractivity contribution < 1.29 is 45.3 Å². The van der Waals surface area contributed by atoms with Gasteiger partial charge in [0.25, 0.3) is 11.8 Å². The Hall–Kier alpha value is -3.67. The second kappa shape index (κ2) is 11.8. The predicted octanol–water partition coefficient (Wildman–Crippen LogP) is 4.16. The van der Waals surface area contributed by atoms with Gasteiger partial charge < -0.3 is 18.9 Å². The van der Waals surface area contributed by atoms with Crippen molar-refractivity contribution in [1.29, 1.82) is 0 Å². The fraction of sp³-hybridized carbons (Fsp3) is 0.438. The van der Waals surface area contributed by atoms with Crippen molar-refractivity contribution in [3.05, 3.63) is 58.7 Å². The van der Waals surface area contributed by atoms with E-state index in [2.05, 4.69) is 0 Å². The van der Waals surface area contributed by atoms with Gasteiger partial charge in [-0.3, -0.25) is 9.59 Å². The fourth-order valence-corrected chi connectivity index (χ4v) is 5.85. The van der Waals surface area contributed by atoms with Crippen LogP contribution in [0.4, 0.5) is 0 Å². The molecule has 10 nitrogen and oxygen atoms in total. The number of nitrogens with zero attached hydrogens (tertiary/aromatic N) is 3. The Balaban J connectivity index is 1.84. The highest BCUT2D eigenvalue weighted by Gasteiger charge is 2.31. The van der Waals surface area contributed by atoms with Gasteiger partial charge in [0.2, 0.25) is 0 Å². The summed E-state index contributed by atoms with van der Waals surface area (Å²) in [5, 5.41) is -0.410. The summed E-state index contributed by atoms with van der Waals surface area (Å²) in [6, 6.07) is 7.14. The molecule has 0 saturated heterocycles. The Morgan fingerprint density at radius 3 is 2.58 bits per heavy atom. The fourth-order valence-electron chi connectivity index (χ4n) is 5.03. The zero-order valence-electron chi connectivity index (χ0n) is 36.6. The van der Waals surface area contributed by atoms with E-state index in [9.17, 15) is 22.1 Å². The van der Waals surface area contributed by atoms with Gasteiger partial charge in [0, 0.05) is 69.9 Å². The Labute approximate surface area is 270 Å². The Morgan fingerprint density at radius 1 is 1.05 bits per heavy atom. The van der Waals surface area contributed by atoms with Gasteiger partial charge in [-0.15, -0.1) is 0 Å². The third kappa shape index (κ3) is 5.57. The maximum atomic E-state index is 14.3. The van der Waals surface area contributed by atoms with E-state index in [1.807, 2.05) is 4.72 Å². The first-order valence-electron chi connectivity index (χ1n) is 19.8. The van der Waals surface area contributed by atoms with Crippen molar-refractivity contribution in [3.8, 4) is 17.0 Å². The van der Waals surface area contributed by atoms with Gasteiger partial charge in [0.1, 0.15) is 5.75 Å². The molecule has 11 heteroatoms. The van der Waals surface area contributed by atoms with Gasteiger partial charge in [-0.05, 0) is 66.2 Å². The van der Waals surface area contributed by atoms with E-state index in [4.69, 9.17) is 23.2 Å². The molecule has 0 radical (unpaired) electrons. The monoisotopic (exact) mass is 619 g/mol. The van der Waals surface area contributed by atoms with Gasteiger partial charge in [0.15, 0.2) is 0 Å². The Kier molecular flexibility index (Phi) is 4.82. The normalized spacial score (nSPS) is 32.7. The molecule has 3 aliphatic rings. The molecule has 6 rings (SSSR count). The van der Waals surface area contributed by atoms with Gasteiger partial charge in [-0.2, -0.15) is 12.7 Å². The van der Waals surface area contributed by atoms with Crippen molar-refractivity contribution >= 4 is 39.0 Å². The van der Waals surface area contributed by atoms with Crippen LogP contribution in [0.2, 0.25) is 0 Å². The summed E-state index contributed by atoms with van der Waals surface area (Å²) < 4.78 is 158. The molecule has 1 fully saturated rings. The van der Waals surface area contributed by atoms with E-state index in [1.165, 1.54) is 45.5 Å². The lowest BCUT2D eigenvalue weighted by molar-refractivity contribution is -0.126. The van der Waals surface area contributed by atoms with Crippen molar-refractivity contribution in [2.45, 2.75) is 44.3 Å². The lowest BCUT2D eigenvalue weighted by Crippen LogP contribution is -2.42. The van der Waals surface area contributed by atoms with E-state index in [-0.39, 0.29) is 43.2 Å². The summed E-state index contributed by atoms with van der Waals surface area (Å²) in [6.07, 6.45) is -18.5. The topological polar surface area (TPSA) is 110 Å². The molecule has 1 aliphatic carbocycles. The molecule has 1 N–H and O–H groups in total. The summed E-state index contributed by atoms with van der Waals surface area (Å²) in [5.41, 5.74) is -2.86. The van der Waals surface area contributed by atoms with Gasteiger partial charge in [-0.25, -0.2) is 4.72 Å².